The number of carbonyl (C=O) groups is 1. The third-order valence-electron chi connectivity index (χ3n) is 6.52. The van der Waals surface area contributed by atoms with Gasteiger partial charge in [0.2, 0.25) is 0 Å². The summed E-state index contributed by atoms with van der Waals surface area (Å²) in [5, 5.41) is 12.7. The fraction of sp³-hybridized carbons (Fsp3) is 0.611. The van der Waals surface area contributed by atoms with Crippen molar-refractivity contribution >= 4 is 11.6 Å². The summed E-state index contributed by atoms with van der Waals surface area (Å²) >= 11 is 0. The Morgan fingerprint density at radius 1 is 1.08 bits per heavy atom. The second-order valence-corrected chi connectivity index (χ2v) is 8.13. The highest BCUT2D eigenvalue weighted by Crippen LogP contribution is 2.59. The molecule has 4 bridgehead atoms. The molecule has 4 aliphatic carbocycles. The van der Waals surface area contributed by atoms with E-state index in [1.807, 2.05) is 0 Å². The van der Waals surface area contributed by atoms with Crippen LogP contribution in [-0.2, 0) is 6.18 Å². The highest BCUT2D eigenvalue weighted by Gasteiger charge is 2.49. The summed E-state index contributed by atoms with van der Waals surface area (Å²) < 4.78 is 41.4. The number of carboxylic acids is 1. The molecule has 8 heteroatoms. The molecule has 0 atom stereocenters. The maximum atomic E-state index is 13.6. The van der Waals surface area contributed by atoms with Crippen LogP contribution in [0.5, 0.6) is 0 Å². The summed E-state index contributed by atoms with van der Waals surface area (Å²) in [6, 6.07) is 2.22. The Balaban J connectivity index is 1.65. The second-order valence-electron chi connectivity index (χ2n) is 8.13. The van der Waals surface area contributed by atoms with Crippen LogP contribution in [0.3, 0.4) is 0 Å². The van der Waals surface area contributed by atoms with Crippen LogP contribution in [0.1, 0.15) is 59.9 Å². The van der Waals surface area contributed by atoms with Gasteiger partial charge in [-0.1, -0.05) is 0 Å². The summed E-state index contributed by atoms with van der Waals surface area (Å²) in [4.78, 5) is 15.6. The molecular weight excluding hydrogens is 347 g/mol. The molecule has 2 aromatic rings. The van der Waals surface area contributed by atoms with E-state index in [0.717, 1.165) is 37.8 Å². The molecule has 2 heterocycles. The lowest BCUT2D eigenvalue weighted by atomic mass is 9.51. The number of nitrogens with zero attached hydrogens (tertiary/aromatic N) is 3. The van der Waals surface area contributed by atoms with E-state index in [1.54, 1.807) is 0 Å². The first-order valence-corrected chi connectivity index (χ1v) is 9.01. The van der Waals surface area contributed by atoms with Gasteiger partial charge in [-0.2, -0.15) is 18.3 Å². The Labute approximate surface area is 147 Å². The van der Waals surface area contributed by atoms with Gasteiger partial charge in [0.25, 0.3) is 0 Å². The molecular formula is C18H18F3N3O2. The Bertz CT molecular complexity index is 877. The lowest BCUT2D eigenvalue weighted by molar-refractivity contribution is -0.142. The number of hydrogen-bond acceptors (Lipinski definition) is 3. The Morgan fingerprint density at radius 2 is 1.69 bits per heavy atom. The largest absolute Gasteiger partial charge is 0.476 e. The molecule has 0 aromatic carbocycles. The van der Waals surface area contributed by atoms with E-state index in [2.05, 4.69) is 10.1 Å². The third-order valence-corrected chi connectivity index (χ3v) is 6.52. The zero-order valence-electron chi connectivity index (χ0n) is 13.9. The van der Waals surface area contributed by atoms with Crippen LogP contribution in [0, 0.1) is 23.7 Å². The first-order chi connectivity index (χ1) is 12.3. The predicted octanol–water partition coefficient (Wildman–Crippen LogP) is 3.99. The maximum Gasteiger partial charge on any atom is 0.433 e. The molecule has 6 rings (SSSR count). The van der Waals surface area contributed by atoms with E-state index in [0.29, 0.717) is 33.9 Å². The fourth-order valence-electron chi connectivity index (χ4n) is 5.88. The quantitative estimate of drug-likeness (QED) is 0.874. The van der Waals surface area contributed by atoms with Gasteiger partial charge < -0.3 is 5.11 Å². The van der Waals surface area contributed by atoms with Crippen molar-refractivity contribution in [2.24, 2.45) is 23.7 Å². The summed E-state index contributed by atoms with van der Waals surface area (Å²) in [7, 11) is 0. The molecule has 0 aliphatic heterocycles. The van der Waals surface area contributed by atoms with Crippen molar-refractivity contribution in [2.75, 3.05) is 0 Å². The minimum atomic E-state index is -4.62. The molecule has 4 aliphatic rings. The zero-order chi connectivity index (χ0) is 18.2. The van der Waals surface area contributed by atoms with E-state index in [4.69, 9.17) is 5.11 Å². The standard InChI is InChI=1S/C18H18F3N3O2/c19-18(20,21)14-6-12(22-15-7-13(17(25)26)23-24(14)15)16-10-2-8-1-9(4-10)5-11(16)3-8/h6-11,16H,1-5H2,(H,25,26). The van der Waals surface area contributed by atoms with Gasteiger partial charge in [-0.25, -0.2) is 14.3 Å². The Hall–Kier alpha value is -2.12. The van der Waals surface area contributed by atoms with Crippen LogP contribution in [0.4, 0.5) is 13.2 Å². The van der Waals surface area contributed by atoms with Crippen molar-refractivity contribution in [1.29, 1.82) is 0 Å². The fourth-order valence-corrected chi connectivity index (χ4v) is 5.88. The normalized spacial score (nSPS) is 33.1. The number of alkyl halides is 3. The van der Waals surface area contributed by atoms with Crippen molar-refractivity contribution in [3.8, 4) is 0 Å². The molecule has 0 saturated heterocycles. The SMILES string of the molecule is O=C(O)c1cc2nc(C3C4CC5CC(C4)CC3C5)cc(C(F)(F)F)n2n1. The molecule has 2 aromatic heterocycles. The molecule has 4 fully saturated rings. The summed E-state index contributed by atoms with van der Waals surface area (Å²) in [5.41, 5.74) is -0.958. The van der Waals surface area contributed by atoms with Gasteiger partial charge in [-0.3, -0.25) is 0 Å². The molecule has 0 unspecified atom stereocenters. The van der Waals surface area contributed by atoms with E-state index in [1.165, 1.54) is 6.42 Å². The molecule has 26 heavy (non-hydrogen) atoms. The van der Waals surface area contributed by atoms with Crippen molar-refractivity contribution in [3.05, 3.63) is 29.2 Å². The lowest BCUT2D eigenvalue weighted by Gasteiger charge is -2.54. The van der Waals surface area contributed by atoms with Crippen molar-refractivity contribution in [2.45, 2.75) is 44.2 Å². The second kappa shape index (κ2) is 5.20. The number of aromatic carboxylic acids is 1. The predicted molar refractivity (Wildman–Crippen MR) is 84.7 cm³/mol. The number of hydrogen-bond donors (Lipinski definition) is 1. The number of halogens is 3. The minimum absolute atomic E-state index is 0.0390. The first-order valence-electron chi connectivity index (χ1n) is 9.01. The van der Waals surface area contributed by atoms with Crippen LogP contribution in [0.2, 0.25) is 0 Å². The summed E-state index contributed by atoms with van der Waals surface area (Å²) in [6.07, 6.45) is 0.947. The molecule has 5 nitrogen and oxygen atoms in total. The highest BCUT2D eigenvalue weighted by atomic mass is 19.4. The van der Waals surface area contributed by atoms with Crippen LogP contribution in [0.25, 0.3) is 5.65 Å². The van der Waals surface area contributed by atoms with Gasteiger partial charge in [0, 0.05) is 17.7 Å². The number of carboxylic acid groups (broad SMARTS) is 1. The number of fused-ring (bicyclic) bond motifs is 1. The Kier molecular flexibility index (Phi) is 3.22. The number of rotatable bonds is 2. The highest BCUT2D eigenvalue weighted by molar-refractivity contribution is 5.86. The van der Waals surface area contributed by atoms with Crippen LogP contribution < -0.4 is 0 Å². The smallest absolute Gasteiger partial charge is 0.433 e. The van der Waals surface area contributed by atoms with Gasteiger partial charge in [0.1, 0.15) is 5.69 Å². The first kappa shape index (κ1) is 16.1. The molecule has 1 N–H and O–H groups in total. The topological polar surface area (TPSA) is 67.5 Å². The summed E-state index contributed by atoms with van der Waals surface area (Å²) in [5.74, 6) is 0.895. The third kappa shape index (κ3) is 2.34. The van der Waals surface area contributed by atoms with Gasteiger partial charge in [-0.15, -0.1) is 0 Å². The average molecular weight is 365 g/mol. The van der Waals surface area contributed by atoms with Crippen LogP contribution >= 0.6 is 0 Å². The van der Waals surface area contributed by atoms with Gasteiger partial charge in [0.15, 0.2) is 11.3 Å². The maximum absolute atomic E-state index is 13.6. The Morgan fingerprint density at radius 3 is 2.23 bits per heavy atom. The monoisotopic (exact) mass is 365 g/mol. The van der Waals surface area contributed by atoms with E-state index < -0.39 is 23.5 Å². The summed E-state index contributed by atoms with van der Waals surface area (Å²) in [6.45, 7) is 0. The van der Waals surface area contributed by atoms with E-state index >= 15 is 0 Å². The van der Waals surface area contributed by atoms with Crippen molar-refractivity contribution in [1.82, 2.24) is 14.6 Å². The molecule has 0 spiro atoms. The lowest BCUT2D eigenvalue weighted by Crippen LogP contribution is -2.44. The van der Waals surface area contributed by atoms with Crippen molar-refractivity contribution < 1.29 is 23.1 Å². The van der Waals surface area contributed by atoms with E-state index in [9.17, 15) is 18.0 Å². The molecule has 0 radical (unpaired) electrons. The van der Waals surface area contributed by atoms with E-state index in [-0.39, 0.29) is 11.6 Å². The van der Waals surface area contributed by atoms with Gasteiger partial charge >= 0.3 is 12.1 Å². The zero-order valence-corrected chi connectivity index (χ0v) is 13.9. The minimum Gasteiger partial charge on any atom is -0.476 e. The average Bonchev–Trinajstić information content (AvgIpc) is 2.96. The molecule has 0 amide bonds. The van der Waals surface area contributed by atoms with Gasteiger partial charge in [-0.05, 0) is 61.8 Å². The van der Waals surface area contributed by atoms with Crippen LogP contribution in [-0.4, -0.2) is 25.7 Å². The number of aromatic nitrogens is 3. The van der Waals surface area contributed by atoms with Crippen LogP contribution in [0.15, 0.2) is 12.1 Å². The van der Waals surface area contributed by atoms with Gasteiger partial charge in [0.05, 0.1) is 0 Å². The van der Waals surface area contributed by atoms with Crippen molar-refractivity contribution in [3.63, 3.8) is 0 Å². The molecule has 4 saturated carbocycles. The molecule has 138 valence electrons.